The Morgan fingerprint density at radius 1 is 1.31 bits per heavy atom. The van der Waals surface area contributed by atoms with Gasteiger partial charge >= 0.3 is 6.18 Å². The van der Waals surface area contributed by atoms with Crippen LogP contribution in [0.2, 0.25) is 0 Å². The highest BCUT2D eigenvalue weighted by Crippen LogP contribution is 2.28. The van der Waals surface area contributed by atoms with E-state index in [0.29, 0.717) is 18.7 Å². The number of aromatic nitrogens is 2. The van der Waals surface area contributed by atoms with Crippen LogP contribution in [0.4, 0.5) is 13.2 Å². The molecule has 0 spiro atoms. The molecule has 1 aliphatic rings. The quantitative estimate of drug-likeness (QED) is 0.616. The SMILES string of the molecule is CN(CCCNC(=O)c1nn(-c2cccc(Br)c2)c2c1CCCC2)CC(F)(F)F. The summed E-state index contributed by atoms with van der Waals surface area (Å²) in [6.45, 7) is -0.393. The number of benzene rings is 1. The molecule has 1 N–H and O–H groups in total. The second-order valence-corrected chi connectivity index (χ2v) is 8.25. The van der Waals surface area contributed by atoms with E-state index in [-0.39, 0.29) is 12.5 Å². The van der Waals surface area contributed by atoms with Crippen LogP contribution in [0.15, 0.2) is 28.7 Å². The van der Waals surface area contributed by atoms with Gasteiger partial charge in [-0.05, 0) is 63.9 Å². The first kappa shape index (κ1) is 21.8. The van der Waals surface area contributed by atoms with Crippen LogP contribution in [0.5, 0.6) is 0 Å². The van der Waals surface area contributed by atoms with Gasteiger partial charge in [-0.1, -0.05) is 22.0 Å². The molecule has 158 valence electrons. The molecular weight excluding hydrogens is 449 g/mol. The van der Waals surface area contributed by atoms with Crippen molar-refractivity contribution in [1.29, 1.82) is 0 Å². The van der Waals surface area contributed by atoms with Crippen molar-refractivity contribution in [3.63, 3.8) is 0 Å². The fourth-order valence-corrected chi connectivity index (χ4v) is 4.01. The van der Waals surface area contributed by atoms with Crippen LogP contribution in [-0.2, 0) is 12.8 Å². The molecule has 1 amide bonds. The lowest BCUT2D eigenvalue weighted by atomic mass is 9.95. The van der Waals surface area contributed by atoms with Crippen LogP contribution >= 0.6 is 15.9 Å². The predicted molar refractivity (Wildman–Crippen MR) is 108 cm³/mol. The molecule has 1 aromatic heterocycles. The van der Waals surface area contributed by atoms with Crippen molar-refractivity contribution in [3.05, 3.63) is 45.7 Å². The number of hydrogen-bond acceptors (Lipinski definition) is 3. The third kappa shape index (κ3) is 5.82. The molecule has 2 aromatic rings. The molecule has 0 unspecified atom stereocenters. The Kier molecular flexibility index (Phi) is 7.00. The van der Waals surface area contributed by atoms with Crippen LogP contribution in [0, 0.1) is 0 Å². The maximum absolute atomic E-state index is 12.7. The third-order valence-corrected chi connectivity index (χ3v) is 5.39. The number of amides is 1. The zero-order valence-electron chi connectivity index (χ0n) is 16.2. The number of nitrogens with zero attached hydrogens (tertiary/aromatic N) is 3. The number of hydrogen-bond donors (Lipinski definition) is 1. The minimum absolute atomic E-state index is 0.254. The summed E-state index contributed by atoms with van der Waals surface area (Å²) in [4.78, 5) is 13.9. The molecule has 0 saturated heterocycles. The lowest BCUT2D eigenvalue weighted by molar-refractivity contribution is -0.143. The van der Waals surface area contributed by atoms with Gasteiger partial charge in [0.25, 0.3) is 5.91 Å². The first-order valence-corrected chi connectivity index (χ1v) is 10.4. The predicted octanol–water partition coefficient (Wildman–Crippen LogP) is 4.13. The molecule has 5 nitrogen and oxygen atoms in total. The minimum Gasteiger partial charge on any atom is -0.351 e. The van der Waals surface area contributed by atoms with Gasteiger partial charge in [0.2, 0.25) is 0 Å². The van der Waals surface area contributed by atoms with Gasteiger partial charge in [-0.15, -0.1) is 0 Å². The number of fused-ring (bicyclic) bond motifs is 1. The largest absolute Gasteiger partial charge is 0.401 e. The van der Waals surface area contributed by atoms with Crippen molar-refractivity contribution in [2.45, 2.75) is 38.3 Å². The Balaban J connectivity index is 1.66. The second kappa shape index (κ2) is 9.30. The van der Waals surface area contributed by atoms with Gasteiger partial charge in [0.15, 0.2) is 5.69 Å². The van der Waals surface area contributed by atoms with Gasteiger partial charge < -0.3 is 5.32 Å². The van der Waals surface area contributed by atoms with E-state index in [1.54, 1.807) is 0 Å². The standard InChI is InChI=1S/C20H24BrF3N4O/c1-27(13-20(22,23)24)11-5-10-25-19(29)18-16-8-2-3-9-17(16)28(26-18)15-7-4-6-14(21)12-15/h4,6-7,12H,2-3,5,8-11,13H2,1H3,(H,25,29). The number of alkyl halides is 3. The Morgan fingerprint density at radius 3 is 2.79 bits per heavy atom. The molecular formula is C20H24BrF3N4O. The summed E-state index contributed by atoms with van der Waals surface area (Å²) in [6.07, 6.45) is -0.0348. The van der Waals surface area contributed by atoms with E-state index in [1.165, 1.54) is 11.9 Å². The zero-order chi connectivity index (χ0) is 21.0. The minimum atomic E-state index is -4.21. The fraction of sp³-hybridized carbons (Fsp3) is 0.500. The van der Waals surface area contributed by atoms with Crippen molar-refractivity contribution in [2.24, 2.45) is 0 Å². The number of carbonyl (C=O) groups excluding carboxylic acids is 1. The molecule has 1 aromatic carbocycles. The molecule has 1 heterocycles. The smallest absolute Gasteiger partial charge is 0.351 e. The summed E-state index contributed by atoms with van der Waals surface area (Å²) in [5.41, 5.74) is 3.35. The monoisotopic (exact) mass is 472 g/mol. The van der Waals surface area contributed by atoms with E-state index >= 15 is 0 Å². The van der Waals surface area contributed by atoms with E-state index < -0.39 is 12.7 Å². The fourth-order valence-electron chi connectivity index (χ4n) is 3.62. The number of nitrogens with one attached hydrogen (secondary N) is 1. The zero-order valence-corrected chi connectivity index (χ0v) is 17.8. The molecule has 1 aliphatic carbocycles. The van der Waals surface area contributed by atoms with Crippen molar-refractivity contribution in [3.8, 4) is 5.69 Å². The van der Waals surface area contributed by atoms with E-state index in [0.717, 1.165) is 47.1 Å². The van der Waals surface area contributed by atoms with E-state index in [2.05, 4.69) is 26.3 Å². The summed E-state index contributed by atoms with van der Waals surface area (Å²) in [5, 5.41) is 7.40. The van der Waals surface area contributed by atoms with Crippen molar-refractivity contribution >= 4 is 21.8 Å². The molecule has 0 atom stereocenters. The molecule has 3 rings (SSSR count). The topological polar surface area (TPSA) is 50.2 Å². The van der Waals surface area contributed by atoms with Gasteiger partial charge in [0, 0.05) is 22.3 Å². The number of rotatable bonds is 7. The summed E-state index contributed by atoms with van der Waals surface area (Å²) in [5.74, 6) is -0.268. The lowest BCUT2D eigenvalue weighted by Gasteiger charge is -2.18. The highest BCUT2D eigenvalue weighted by molar-refractivity contribution is 9.10. The Hall–Kier alpha value is -1.87. The van der Waals surface area contributed by atoms with Gasteiger partial charge in [-0.3, -0.25) is 9.69 Å². The summed E-state index contributed by atoms with van der Waals surface area (Å²) >= 11 is 3.47. The highest BCUT2D eigenvalue weighted by atomic mass is 79.9. The first-order chi connectivity index (χ1) is 13.7. The van der Waals surface area contributed by atoms with Gasteiger partial charge in [-0.25, -0.2) is 4.68 Å². The molecule has 0 bridgehead atoms. The Bertz CT molecular complexity index is 866. The molecule has 0 saturated carbocycles. The van der Waals surface area contributed by atoms with Crippen LogP contribution < -0.4 is 5.32 Å². The summed E-state index contributed by atoms with van der Waals surface area (Å²) in [7, 11) is 1.42. The van der Waals surface area contributed by atoms with E-state index in [1.807, 2.05) is 28.9 Å². The molecule has 0 fully saturated rings. The van der Waals surface area contributed by atoms with Crippen molar-refractivity contribution in [1.82, 2.24) is 20.0 Å². The average Bonchev–Trinajstić information content (AvgIpc) is 3.03. The maximum atomic E-state index is 12.7. The number of halogens is 4. The van der Waals surface area contributed by atoms with Crippen LogP contribution in [0.1, 0.15) is 41.0 Å². The van der Waals surface area contributed by atoms with Crippen LogP contribution in [0.25, 0.3) is 5.69 Å². The van der Waals surface area contributed by atoms with Crippen LogP contribution in [0.3, 0.4) is 0 Å². The van der Waals surface area contributed by atoms with Gasteiger partial charge in [-0.2, -0.15) is 18.3 Å². The molecule has 0 radical (unpaired) electrons. The van der Waals surface area contributed by atoms with E-state index in [4.69, 9.17) is 0 Å². The maximum Gasteiger partial charge on any atom is 0.401 e. The normalized spacial score (nSPS) is 14.1. The summed E-state index contributed by atoms with van der Waals surface area (Å²) < 4.78 is 39.9. The Labute approximate surface area is 176 Å². The molecule has 9 heteroatoms. The third-order valence-electron chi connectivity index (χ3n) is 4.90. The second-order valence-electron chi connectivity index (χ2n) is 7.34. The lowest BCUT2D eigenvalue weighted by Crippen LogP contribution is -2.34. The van der Waals surface area contributed by atoms with Crippen molar-refractivity contribution < 1.29 is 18.0 Å². The van der Waals surface area contributed by atoms with E-state index in [9.17, 15) is 18.0 Å². The average molecular weight is 473 g/mol. The summed E-state index contributed by atoms with van der Waals surface area (Å²) in [6, 6.07) is 7.77. The molecule has 0 aliphatic heterocycles. The first-order valence-electron chi connectivity index (χ1n) is 9.65. The molecule has 29 heavy (non-hydrogen) atoms. The Morgan fingerprint density at radius 2 is 2.07 bits per heavy atom. The van der Waals surface area contributed by atoms with Gasteiger partial charge in [0.05, 0.1) is 12.2 Å². The number of carbonyl (C=O) groups is 1. The van der Waals surface area contributed by atoms with Gasteiger partial charge in [0.1, 0.15) is 0 Å². The van der Waals surface area contributed by atoms with Crippen LogP contribution in [-0.4, -0.2) is 53.4 Å². The highest BCUT2D eigenvalue weighted by Gasteiger charge is 2.29. The van der Waals surface area contributed by atoms with Crippen molar-refractivity contribution in [2.75, 3.05) is 26.7 Å².